The average Bonchev–Trinajstić information content (AvgIpc) is 1.94. The minimum absolute atomic E-state index is 0.106. The van der Waals surface area contributed by atoms with Gasteiger partial charge in [0.2, 0.25) is 5.88 Å². The number of Topliss-reactive ketones (excluding diaryl/α,β-unsaturated/α-hetero) is 1. The first-order valence-corrected chi connectivity index (χ1v) is 3.01. The van der Waals surface area contributed by atoms with Crippen LogP contribution in [0.5, 0.6) is 11.6 Å². The Kier molecular flexibility index (Phi) is 1.76. The summed E-state index contributed by atoms with van der Waals surface area (Å²) in [6, 6.07) is 2.43. The first-order chi connectivity index (χ1) is 5.11. The number of carbonyl (C=O) groups excluding carboxylic acids is 1. The minimum Gasteiger partial charge on any atom is -0.506 e. The monoisotopic (exact) mass is 153 g/mol. The summed E-state index contributed by atoms with van der Waals surface area (Å²) in [7, 11) is 0. The van der Waals surface area contributed by atoms with Gasteiger partial charge in [-0.15, -0.1) is 0 Å². The fraction of sp³-hybridized carbons (Fsp3) is 0.143. The molecule has 58 valence electrons. The van der Waals surface area contributed by atoms with Crippen LogP contribution < -0.4 is 0 Å². The highest BCUT2D eigenvalue weighted by molar-refractivity contribution is 5.94. The van der Waals surface area contributed by atoms with Crippen LogP contribution >= 0.6 is 0 Å². The Bertz CT molecular complexity index is 296. The van der Waals surface area contributed by atoms with Gasteiger partial charge in [0.1, 0.15) is 5.75 Å². The third kappa shape index (κ3) is 1.46. The molecule has 1 aromatic rings. The molecule has 4 heteroatoms. The first-order valence-electron chi connectivity index (χ1n) is 3.01. The molecule has 11 heavy (non-hydrogen) atoms. The van der Waals surface area contributed by atoms with Gasteiger partial charge in [-0.3, -0.25) is 4.79 Å². The van der Waals surface area contributed by atoms with E-state index >= 15 is 0 Å². The van der Waals surface area contributed by atoms with E-state index in [1.165, 1.54) is 19.1 Å². The summed E-state index contributed by atoms with van der Waals surface area (Å²) in [6.07, 6.45) is 0. The zero-order chi connectivity index (χ0) is 8.43. The lowest BCUT2D eigenvalue weighted by atomic mass is 10.2. The van der Waals surface area contributed by atoms with Gasteiger partial charge in [-0.2, -0.15) is 0 Å². The molecule has 2 N–H and O–H groups in total. The van der Waals surface area contributed by atoms with E-state index in [0.717, 1.165) is 0 Å². The van der Waals surface area contributed by atoms with E-state index in [4.69, 9.17) is 10.2 Å². The Morgan fingerprint density at radius 3 is 2.55 bits per heavy atom. The molecule has 0 aliphatic heterocycles. The van der Waals surface area contributed by atoms with Crippen molar-refractivity contribution in [2.75, 3.05) is 0 Å². The number of aromatic nitrogens is 1. The molecule has 0 aliphatic carbocycles. The van der Waals surface area contributed by atoms with Crippen LogP contribution in [0, 0.1) is 0 Å². The molecule has 1 heterocycles. The van der Waals surface area contributed by atoms with Gasteiger partial charge in [-0.25, -0.2) is 4.98 Å². The van der Waals surface area contributed by atoms with E-state index in [9.17, 15) is 4.79 Å². The summed E-state index contributed by atoms with van der Waals surface area (Å²) in [5.74, 6) is -0.860. The topological polar surface area (TPSA) is 70.4 Å². The van der Waals surface area contributed by atoms with Crippen LogP contribution in [0.25, 0.3) is 0 Å². The fourth-order valence-electron chi connectivity index (χ4n) is 0.701. The second kappa shape index (κ2) is 2.57. The molecule has 0 fully saturated rings. The SMILES string of the molecule is CC(=O)c1nc(O)ccc1O. The van der Waals surface area contributed by atoms with Crippen LogP contribution in [-0.4, -0.2) is 21.0 Å². The number of carbonyl (C=O) groups is 1. The second-order valence-electron chi connectivity index (χ2n) is 2.09. The smallest absolute Gasteiger partial charge is 0.211 e. The molecule has 0 amide bonds. The summed E-state index contributed by atoms with van der Waals surface area (Å²) in [6.45, 7) is 1.27. The third-order valence-electron chi connectivity index (χ3n) is 1.19. The molecule has 1 rings (SSSR count). The zero-order valence-electron chi connectivity index (χ0n) is 5.90. The molecule has 0 aliphatic rings. The summed E-state index contributed by atoms with van der Waals surface area (Å²) < 4.78 is 0. The fourth-order valence-corrected chi connectivity index (χ4v) is 0.701. The van der Waals surface area contributed by atoms with Crippen LogP contribution in [0.3, 0.4) is 0 Å². The van der Waals surface area contributed by atoms with E-state index in [2.05, 4.69) is 4.98 Å². The molecule has 0 unspecified atom stereocenters. The second-order valence-corrected chi connectivity index (χ2v) is 2.09. The summed E-state index contributed by atoms with van der Waals surface area (Å²) >= 11 is 0. The quantitative estimate of drug-likeness (QED) is 0.582. The Labute approximate surface area is 63.1 Å². The van der Waals surface area contributed by atoms with Crippen LogP contribution in [0.2, 0.25) is 0 Å². The van der Waals surface area contributed by atoms with Crippen molar-refractivity contribution in [3.8, 4) is 11.6 Å². The molecule has 4 nitrogen and oxygen atoms in total. The molecule has 1 aromatic heterocycles. The number of aromatic hydroxyl groups is 2. The van der Waals surface area contributed by atoms with Gasteiger partial charge < -0.3 is 10.2 Å². The van der Waals surface area contributed by atoms with Crippen molar-refractivity contribution < 1.29 is 15.0 Å². The molecule has 0 radical (unpaired) electrons. The van der Waals surface area contributed by atoms with E-state index in [-0.39, 0.29) is 23.1 Å². The maximum Gasteiger partial charge on any atom is 0.211 e. The summed E-state index contributed by atoms with van der Waals surface area (Å²) in [5.41, 5.74) is -0.106. The molecule has 0 atom stereocenters. The number of nitrogens with zero attached hydrogens (tertiary/aromatic N) is 1. The van der Waals surface area contributed by atoms with Crippen molar-refractivity contribution in [1.82, 2.24) is 4.98 Å². The van der Waals surface area contributed by atoms with E-state index in [1.54, 1.807) is 0 Å². The lowest BCUT2D eigenvalue weighted by Crippen LogP contribution is -1.96. The molecule has 0 saturated carbocycles. The van der Waals surface area contributed by atoms with E-state index in [1.807, 2.05) is 0 Å². The van der Waals surface area contributed by atoms with Crippen LogP contribution in [0.4, 0.5) is 0 Å². The van der Waals surface area contributed by atoms with Gasteiger partial charge >= 0.3 is 0 Å². The van der Waals surface area contributed by atoms with Crippen molar-refractivity contribution in [2.24, 2.45) is 0 Å². The van der Waals surface area contributed by atoms with Gasteiger partial charge in [0.05, 0.1) is 0 Å². The largest absolute Gasteiger partial charge is 0.506 e. The van der Waals surface area contributed by atoms with Gasteiger partial charge in [-0.05, 0) is 6.07 Å². The lowest BCUT2D eigenvalue weighted by molar-refractivity contribution is 0.100. The number of hydrogen-bond acceptors (Lipinski definition) is 4. The number of rotatable bonds is 1. The van der Waals surface area contributed by atoms with Crippen molar-refractivity contribution >= 4 is 5.78 Å². The van der Waals surface area contributed by atoms with Crippen molar-refractivity contribution in [1.29, 1.82) is 0 Å². The van der Waals surface area contributed by atoms with Crippen LogP contribution in [0.15, 0.2) is 12.1 Å². The number of ketones is 1. The predicted octanol–water partition coefficient (Wildman–Crippen LogP) is 0.695. The van der Waals surface area contributed by atoms with Crippen molar-refractivity contribution in [2.45, 2.75) is 6.92 Å². The normalized spacial score (nSPS) is 9.55. The zero-order valence-corrected chi connectivity index (χ0v) is 5.90. The molecule has 0 aromatic carbocycles. The average molecular weight is 153 g/mol. The molecule has 0 saturated heterocycles. The standard InChI is InChI=1S/C7H7NO3/c1-4(9)7-5(10)2-3-6(11)8-7/h2-3,10H,1H3,(H,8,11). The van der Waals surface area contributed by atoms with Gasteiger partial charge in [0, 0.05) is 13.0 Å². The summed E-state index contributed by atoms with van der Waals surface area (Å²) in [5, 5.41) is 17.8. The Balaban J connectivity index is 3.23. The minimum atomic E-state index is -0.376. The first kappa shape index (κ1) is 7.53. The molecular formula is C7H7NO3. The van der Waals surface area contributed by atoms with Gasteiger partial charge in [0.15, 0.2) is 11.5 Å². The Hall–Kier alpha value is -1.58. The Morgan fingerprint density at radius 1 is 1.45 bits per heavy atom. The highest BCUT2D eigenvalue weighted by Crippen LogP contribution is 2.17. The van der Waals surface area contributed by atoms with E-state index in [0.29, 0.717) is 0 Å². The third-order valence-corrected chi connectivity index (χ3v) is 1.19. The number of pyridine rings is 1. The van der Waals surface area contributed by atoms with Gasteiger partial charge in [0.25, 0.3) is 0 Å². The van der Waals surface area contributed by atoms with E-state index < -0.39 is 0 Å². The predicted molar refractivity (Wildman–Crippen MR) is 37.6 cm³/mol. The molecular weight excluding hydrogens is 146 g/mol. The van der Waals surface area contributed by atoms with Crippen LogP contribution in [-0.2, 0) is 0 Å². The maximum atomic E-state index is 10.7. The van der Waals surface area contributed by atoms with Gasteiger partial charge in [-0.1, -0.05) is 0 Å². The van der Waals surface area contributed by atoms with Crippen LogP contribution in [0.1, 0.15) is 17.4 Å². The number of hydrogen-bond donors (Lipinski definition) is 2. The Morgan fingerprint density at radius 2 is 2.09 bits per heavy atom. The van der Waals surface area contributed by atoms with Crippen molar-refractivity contribution in [3.63, 3.8) is 0 Å². The van der Waals surface area contributed by atoms with Crippen molar-refractivity contribution in [3.05, 3.63) is 17.8 Å². The highest BCUT2D eigenvalue weighted by atomic mass is 16.3. The summed E-state index contributed by atoms with van der Waals surface area (Å²) in [4.78, 5) is 14.1. The maximum absolute atomic E-state index is 10.7. The lowest BCUT2D eigenvalue weighted by Gasteiger charge is -1.98. The molecule has 0 spiro atoms. The molecule has 0 bridgehead atoms. The highest BCUT2D eigenvalue weighted by Gasteiger charge is 2.07.